The lowest BCUT2D eigenvalue weighted by atomic mass is 10.1. The number of fused-ring (bicyclic) bond motifs is 1. The van der Waals surface area contributed by atoms with Gasteiger partial charge in [-0.1, -0.05) is 12.1 Å². The van der Waals surface area contributed by atoms with Gasteiger partial charge in [0.05, 0.1) is 17.3 Å². The van der Waals surface area contributed by atoms with Crippen LogP contribution in [-0.2, 0) is 6.61 Å². The lowest BCUT2D eigenvalue weighted by Crippen LogP contribution is -2.01. The molecule has 0 bridgehead atoms. The van der Waals surface area contributed by atoms with Gasteiger partial charge in [-0.3, -0.25) is 9.55 Å². The topological polar surface area (TPSA) is 77.2 Å². The lowest BCUT2D eigenvalue weighted by Gasteiger charge is -2.10. The van der Waals surface area contributed by atoms with Crippen molar-refractivity contribution in [3.05, 3.63) is 83.9 Å². The van der Waals surface area contributed by atoms with Gasteiger partial charge in [0.15, 0.2) is 0 Å². The lowest BCUT2D eigenvalue weighted by molar-refractivity contribution is 0.0696. The number of aryl methyl sites for hydroxylation is 1. The van der Waals surface area contributed by atoms with Gasteiger partial charge < -0.3 is 9.84 Å². The van der Waals surface area contributed by atoms with Crippen LogP contribution >= 0.6 is 0 Å². The summed E-state index contributed by atoms with van der Waals surface area (Å²) in [5.74, 6) is 0.653. The average Bonchev–Trinajstić information content (AvgIpc) is 3.03. The SMILES string of the molecule is Cc1nc2cnccc2n1-c1ccc(OCc2cccc(C(=O)O)c2)cc1. The molecule has 0 radical (unpaired) electrons. The van der Waals surface area contributed by atoms with Crippen LogP contribution in [0, 0.1) is 6.92 Å². The Labute approximate surface area is 155 Å². The van der Waals surface area contributed by atoms with Crippen molar-refractivity contribution < 1.29 is 14.6 Å². The molecule has 0 spiro atoms. The maximum absolute atomic E-state index is 11.0. The smallest absolute Gasteiger partial charge is 0.335 e. The van der Waals surface area contributed by atoms with E-state index in [0.29, 0.717) is 12.4 Å². The Kier molecular flexibility index (Phi) is 4.30. The summed E-state index contributed by atoms with van der Waals surface area (Å²) in [7, 11) is 0. The van der Waals surface area contributed by atoms with Crippen molar-refractivity contribution in [2.45, 2.75) is 13.5 Å². The minimum atomic E-state index is -0.945. The molecular formula is C21H17N3O3. The molecule has 0 saturated carbocycles. The van der Waals surface area contributed by atoms with E-state index in [-0.39, 0.29) is 5.56 Å². The Hall–Kier alpha value is -3.67. The van der Waals surface area contributed by atoms with Gasteiger partial charge in [0.1, 0.15) is 23.7 Å². The summed E-state index contributed by atoms with van der Waals surface area (Å²) >= 11 is 0. The number of nitrogens with zero attached hydrogens (tertiary/aromatic N) is 3. The number of rotatable bonds is 5. The molecule has 0 atom stereocenters. The molecule has 0 unspecified atom stereocenters. The minimum Gasteiger partial charge on any atom is -0.489 e. The Morgan fingerprint density at radius 2 is 1.96 bits per heavy atom. The maximum Gasteiger partial charge on any atom is 0.335 e. The highest BCUT2D eigenvalue weighted by Crippen LogP contribution is 2.23. The van der Waals surface area contributed by atoms with Crippen LogP contribution < -0.4 is 4.74 Å². The summed E-state index contributed by atoms with van der Waals surface area (Å²) < 4.78 is 7.86. The third kappa shape index (κ3) is 3.37. The number of carbonyl (C=O) groups is 1. The van der Waals surface area contributed by atoms with E-state index in [1.54, 1.807) is 30.6 Å². The van der Waals surface area contributed by atoms with E-state index in [2.05, 4.69) is 14.5 Å². The fourth-order valence-electron chi connectivity index (χ4n) is 3.03. The summed E-state index contributed by atoms with van der Waals surface area (Å²) in [6.07, 6.45) is 3.50. The number of pyridine rings is 1. The van der Waals surface area contributed by atoms with Crippen LogP contribution in [0.4, 0.5) is 0 Å². The average molecular weight is 359 g/mol. The number of hydrogen-bond acceptors (Lipinski definition) is 4. The van der Waals surface area contributed by atoms with Crippen molar-refractivity contribution in [2.75, 3.05) is 0 Å². The quantitative estimate of drug-likeness (QED) is 0.583. The first kappa shape index (κ1) is 16.8. The molecule has 134 valence electrons. The molecule has 4 aromatic rings. The van der Waals surface area contributed by atoms with Crippen LogP contribution in [0.3, 0.4) is 0 Å². The predicted octanol–water partition coefficient (Wildman–Crippen LogP) is 4.01. The molecule has 2 aromatic heterocycles. The van der Waals surface area contributed by atoms with Crippen molar-refractivity contribution in [3.8, 4) is 11.4 Å². The third-order valence-corrected chi connectivity index (χ3v) is 4.30. The number of ether oxygens (including phenoxy) is 1. The highest BCUT2D eigenvalue weighted by Gasteiger charge is 2.09. The van der Waals surface area contributed by atoms with Gasteiger partial charge in [-0.25, -0.2) is 9.78 Å². The Morgan fingerprint density at radius 1 is 1.15 bits per heavy atom. The second kappa shape index (κ2) is 6.92. The zero-order valence-corrected chi connectivity index (χ0v) is 14.7. The van der Waals surface area contributed by atoms with Crippen LogP contribution in [0.15, 0.2) is 67.0 Å². The van der Waals surface area contributed by atoms with Gasteiger partial charge in [-0.15, -0.1) is 0 Å². The molecule has 0 aliphatic carbocycles. The van der Waals surface area contributed by atoms with Crippen molar-refractivity contribution in [3.63, 3.8) is 0 Å². The summed E-state index contributed by atoms with van der Waals surface area (Å²) in [5, 5.41) is 9.06. The molecule has 0 aliphatic rings. The number of hydrogen-bond donors (Lipinski definition) is 1. The van der Waals surface area contributed by atoms with Crippen LogP contribution in [0.5, 0.6) is 5.75 Å². The van der Waals surface area contributed by atoms with E-state index in [0.717, 1.165) is 28.1 Å². The number of carboxylic acids is 1. The summed E-state index contributed by atoms with van der Waals surface area (Å²) in [6, 6.07) is 16.4. The largest absolute Gasteiger partial charge is 0.489 e. The third-order valence-electron chi connectivity index (χ3n) is 4.30. The Morgan fingerprint density at radius 3 is 2.74 bits per heavy atom. The molecule has 2 aromatic carbocycles. The predicted molar refractivity (Wildman–Crippen MR) is 101 cm³/mol. The standard InChI is InChI=1S/C21H17N3O3/c1-14-23-19-12-22-10-9-20(19)24(14)17-5-7-18(8-6-17)27-13-15-3-2-4-16(11-15)21(25)26/h2-12H,13H2,1H3,(H,25,26). The molecule has 2 heterocycles. The van der Waals surface area contributed by atoms with Crippen LogP contribution in [-0.4, -0.2) is 25.6 Å². The first-order valence-electron chi connectivity index (χ1n) is 8.46. The van der Waals surface area contributed by atoms with Gasteiger partial charge in [-0.2, -0.15) is 0 Å². The minimum absolute atomic E-state index is 0.253. The highest BCUT2D eigenvalue weighted by molar-refractivity contribution is 5.87. The summed E-state index contributed by atoms with van der Waals surface area (Å²) in [4.78, 5) is 19.7. The maximum atomic E-state index is 11.0. The molecule has 4 rings (SSSR count). The van der Waals surface area contributed by atoms with Gasteiger partial charge in [-0.05, 0) is 55.0 Å². The van der Waals surface area contributed by atoms with Gasteiger partial charge in [0.2, 0.25) is 0 Å². The molecule has 1 N–H and O–H groups in total. The Bertz CT molecular complexity index is 1120. The number of carboxylic acid groups (broad SMARTS) is 1. The molecule has 27 heavy (non-hydrogen) atoms. The fraction of sp³-hybridized carbons (Fsp3) is 0.0952. The number of benzene rings is 2. The number of aromatic nitrogens is 3. The molecular weight excluding hydrogens is 342 g/mol. The van der Waals surface area contributed by atoms with Gasteiger partial charge in [0.25, 0.3) is 0 Å². The van der Waals surface area contributed by atoms with E-state index in [1.165, 1.54) is 0 Å². The zero-order chi connectivity index (χ0) is 18.8. The van der Waals surface area contributed by atoms with E-state index >= 15 is 0 Å². The van der Waals surface area contributed by atoms with Gasteiger partial charge in [0, 0.05) is 11.9 Å². The highest BCUT2D eigenvalue weighted by atomic mass is 16.5. The summed E-state index contributed by atoms with van der Waals surface area (Å²) in [5.41, 5.74) is 3.91. The first-order valence-corrected chi connectivity index (χ1v) is 8.46. The Balaban J connectivity index is 1.53. The molecule has 0 saturated heterocycles. The molecule has 6 nitrogen and oxygen atoms in total. The molecule has 6 heteroatoms. The van der Waals surface area contributed by atoms with E-state index in [9.17, 15) is 4.79 Å². The van der Waals surface area contributed by atoms with E-state index in [1.807, 2.05) is 43.3 Å². The van der Waals surface area contributed by atoms with Crippen molar-refractivity contribution in [1.29, 1.82) is 0 Å². The van der Waals surface area contributed by atoms with Crippen LogP contribution in [0.1, 0.15) is 21.7 Å². The van der Waals surface area contributed by atoms with E-state index in [4.69, 9.17) is 9.84 Å². The first-order chi connectivity index (χ1) is 13.1. The van der Waals surface area contributed by atoms with Gasteiger partial charge >= 0.3 is 5.97 Å². The van der Waals surface area contributed by atoms with Crippen molar-refractivity contribution in [2.24, 2.45) is 0 Å². The number of imidazole rings is 1. The molecule has 0 amide bonds. The molecule has 0 aliphatic heterocycles. The number of aromatic carboxylic acids is 1. The van der Waals surface area contributed by atoms with Crippen molar-refractivity contribution >= 4 is 17.0 Å². The molecule has 0 fully saturated rings. The normalized spacial score (nSPS) is 10.9. The van der Waals surface area contributed by atoms with Crippen LogP contribution in [0.2, 0.25) is 0 Å². The van der Waals surface area contributed by atoms with E-state index < -0.39 is 5.97 Å². The van der Waals surface area contributed by atoms with Crippen molar-refractivity contribution in [1.82, 2.24) is 14.5 Å². The fourth-order valence-corrected chi connectivity index (χ4v) is 3.03. The second-order valence-corrected chi connectivity index (χ2v) is 6.15. The van der Waals surface area contributed by atoms with Crippen LogP contribution in [0.25, 0.3) is 16.7 Å². The zero-order valence-electron chi connectivity index (χ0n) is 14.7. The second-order valence-electron chi connectivity index (χ2n) is 6.15. The monoisotopic (exact) mass is 359 g/mol. The summed E-state index contributed by atoms with van der Waals surface area (Å²) in [6.45, 7) is 2.26.